The molecule has 0 radical (unpaired) electrons. The van der Waals surface area contributed by atoms with E-state index in [1.54, 1.807) is 26.0 Å². The van der Waals surface area contributed by atoms with E-state index in [0.29, 0.717) is 6.42 Å². The summed E-state index contributed by atoms with van der Waals surface area (Å²) in [7, 11) is -3.40. The second-order valence-electron chi connectivity index (χ2n) is 6.38. The lowest BCUT2D eigenvalue weighted by molar-refractivity contribution is 0.102. The summed E-state index contributed by atoms with van der Waals surface area (Å²) < 4.78 is 42.5. The highest BCUT2D eigenvalue weighted by molar-refractivity contribution is 7.92. The van der Waals surface area contributed by atoms with E-state index in [2.05, 4.69) is 15.5 Å². The van der Waals surface area contributed by atoms with Crippen molar-refractivity contribution in [3.05, 3.63) is 71.4 Å². The van der Waals surface area contributed by atoms with Gasteiger partial charge in [0, 0.05) is 5.56 Å². The van der Waals surface area contributed by atoms with Crippen molar-refractivity contribution in [2.45, 2.75) is 30.4 Å². The third-order valence-electron chi connectivity index (χ3n) is 4.02. The van der Waals surface area contributed by atoms with Crippen LogP contribution in [-0.4, -0.2) is 29.8 Å². The molecule has 1 heterocycles. The van der Waals surface area contributed by atoms with Gasteiger partial charge in [0.2, 0.25) is 5.89 Å². The lowest BCUT2D eigenvalue weighted by Gasteiger charge is -2.08. The van der Waals surface area contributed by atoms with Crippen molar-refractivity contribution in [2.75, 3.05) is 5.32 Å². The number of amides is 1. The van der Waals surface area contributed by atoms with E-state index >= 15 is 0 Å². The summed E-state index contributed by atoms with van der Waals surface area (Å²) in [5.74, 6) is -0.583. The first-order chi connectivity index (χ1) is 13.3. The number of anilines is 1. The molecule has 0 saturated heterocycles. The zero-order valence-electron chi connectivity index (χ0n) is 15.2. The van der Waals surface area contributed by atoms with Gasteiger partial charge >= 0.3 is 6.01 Å². The SMILES string of the molecule is CC(C)S(=O)(=O)c1ccc(C(=O)Nc2nnc(Cc3ccc(F)cc3)o2)cc1. The number of rotatable bonds is 6. The number of hydrogen-bond donors (Lipinski definition) is 1. The minimum atomic E-state index is -3.40. The molecule has 2 aromatic carbocycles. The first-order valence-electron chi connectivity index (χ1n) is 8.48. The third kappa shape index (κ3) is 4.42. The zero-order valence-corrected chi connectivity index (χ0v) is 16.0. The number of nitrogens with one attached hydrogen (secondary N) is 1. The van der Waals surface area contributed by atoms with Crippen molar-refractivity contribution < 1.29 is 22.0 Å². The number of benzene rings is 2. The second-order valence-corrected chi connectivity index (χ2v) is 8.88. The van der Waals surface area contributed by atoms with Crippen LogP contribution >= 0.6 is 0 Å². The summed E-state index contributed by atoms with van der Waals surface area (Å²) in [6, 6.07) is 11.4. The first-order valence-corrected chi connectivity index (χ1v) is 10.0. The minimum Gasteiger partial charge on any atom is -0.407 e. The maximum Gasteiger partial charge on any atom is 0.322 e. The van der Waals surface area contributed by atoms with E-state index in [1.165, 1.54) is 36.4 Å². The van der Waals surface area contributed by atoms with Gasteiger partial charge in [0.1, 0.15) is 5.82 Å². The van der Waals surface area contributed by atoms with Crippen LogP contribution in [0.5, 0.6) is 0 Å². The lowest BCUT2D eigenvalue weighted by Crippen LogP contribution is -2.15. The van der Waals surface area contributed by atoms with Crippen LogP contribution in [0.3, 0.4) is 0 Å². The van der Waals surface area contributed by atoms with Gasteiger partial charge in [-0.25, -0.2) is 12.8 Å². The Morgan fingerprint density at radius 1 is 1.07 bits per heavy atom. The molecule has 0 saturated carbocycles. The molecule has 9 heteroatoms. The summed E-state index contributed by atoms with van der Waals surface area (Å²) in [5, 5.41) is 9.51. The van der Waals surface area contributed by atoms with E-state index in [0.717, 1.165) is 5.56 Å². The first kappa shape index (κ1) is 19.7. The number of hydrogen-bond acceptors (Lipinski definition) is 6. The van der Waals surface area contributed by atoms with Crippen molar-refractivity contribution in [1.82, 2.24) is 10.2 Å². The molecule has 1 aromatic heterocycles. The maximum atomic E-state index is 12.9. The second kappa shape index (κ2) is 7.89. The lowest BCUT2D eigenvalue weighted by atomic mass is 10.1. The van der Waals surface area contributed by atoms with E-state index in [9.17, 15) is 17.6 Å². The smallest absolute Gasteiger partial charge is 0.322 e. The Hall–Kier alpha value is -3.07. The normalized spacial score (nSPS) is 11.6. The molecule has 0 bridgehead atoms. The summed E-state index contributed by atoms with van der Waals surface area (Å²) in [5.41, 5.74) is 1.03. The Morgan fingerprint density at radius 3 is 2.32 bits per heavy atom. The van der Waals surface area contributed by atoms with Crippen LogP contribution in [0.2, 0.25) is 0 Å². The van der Waals surface area contributed by atoms with Crippen molar-refractivity contribution in [2.24, 2.45) is 0 Å². The molecule has 0 spiro atoms. The highest BCUT2D eigenvalue weighted by atomic mass is 32.2. The van der Waals surface area contributed by atoms with Gasteiger partial charge in [-0.15, -0.1) is 5.10 Å². The molecule has 28 heavy (non-hydrogen) atoms. The zero-order chi connectivity index (χ0) is 20.3. The fourth-order valence-electron chi connectivity index (χ4n) is 2.39. The largest absolute Gasteiger partial charge is 0.407 e. The van der Waals surface area contributed by atoms with E-state index in [1.807, 2.05) is 0 Å². The van der Waals surface area contributed by atoms with Crippen molar-refractivity contribution in [1.29, 1.82) is 0 Å². The van der Waals surface area contributed by atoms with Crippen LogP contribution in [0.1, 0.15) is 35.7 Å². The van der Waals surface area contributed by atoms with Gasteiger partial charge in [-0.1, -0.05) is 17.2 Å². The molecule has 0 aliphatic rings. The molecule has 3 rings (SSSR count). The topological polar surface area (TPSA) is 102 Å². The molecular formula is C19H18FN3O4S. The fourth-order valence-corrected chi connectivity index (χ4v) is 3.45. The van der Waals surface area contributed by atoms with Crippen molar-refractivity contribution in [3.63, 3.8) is 0 Å². The number of halogens is 1. The quantitative estimate of drug-likeness (QED) is 0.678. The molecule has 0 aliphatic carbocycles. The third-order valence-corrected chi connectivity index (χ3v) is 6.19. The monoisotopic (exact) mass is 403 g/mol. The van der Waals surface area contributed by atoms with E-state index in [-0.39, 0.29) is 28.2 Å². The van der Waals surface area contributed by atoms with E-state index < -0.39 is 21.0 Å². The molecule has 0 fully saturated rings. The number of nitrogens with zero attached hydrogens (tertiary/aromatic N) is 2. The molecular weight excluding hydrogens is 385 g/mol. The van der Waals surface area contributed by atoms with Crippen LogP contribution < -0.4 is 5.32 Å². The number of aromatic nitrogens is 2. The number of sulfone groups is 1. The van der Waals surface area contributed by atoms with Gasteiger partial charge in [0.05, 0.1) is 16.6 Å². The van der Waals surface area contributed by atoms with Gasteiger partial charge in [0.15, 0.2) is 9.84 Å². The molecule has 1 N–H and O–H groups in total. The Balaban J connectivity index is 1.66. The highest BCUT2D eigenvalue weighted by Crippen LogP contribution is 2.18. The fraction of sp³-hybridized carbons (Fsp3) is 0.211. The standard InChI is InChI=1S/C19H18FN3O4S/c1-12(2)28(25,26)16-9-5-14(6-10-16)18(24)21-19-23-22-17(27-19)11-13-3-7-15(20)8-4-13/h3-10,12H,11H2,1-2H3,(H,21,23,24). The average Bonchev–Trinajstić information content (AvgIpc) is 3.10. The molecule has 1 amide bonds. The Kier molecular flexibility index (Phi) is 5.55. The van der Waals surface area contributed by atoms with E-state index in [4.69, 9.17) is 4.42 Å². The van der Waals surface area contributed by atoms with Crippen molar-refractivity contribution in [3.8, 4) is 0 Å². The molecule has 146 valence electrons. The molecule has 0 aliphatic heterocycles. The van der Waals surface area contributed by atoms with Crippen LogP contribution in [0.25, 0.3) is 0 Å². The van der Waals surface area contributed by atoms with Crippen LogP contribution in [0.15, 0.2) is 57.8 Å². The number of carbonyl (C=O) groups is 1. The predicted octanol–water partition coefficient (Wildman–Crippen LogP) is 3.23. The van der Waals surface area contributed by atoms with Gasteiger partial charge in [0.25, 0.3) is 5.91 Å². The van der Waals surface area contributed by atoms with Crippen LogP contribution in [0.4, 0.5) is 10.4 Å². The summed E-state index contributed by atoms with van der Waals surface area (Å²) >= 11 is 0. The van der Waals surface area contributed by atoms with Gasteiger partial charge in [-0.3, -0.25) is 10.1 Å². The molecule has 0 unspecified atom stereocenters. The molecule has 3 aromatic rings. The maximum absolute atomic E-state index is 12.9. The Morgan fingerprint density at radius 2 is 1.71 bits per heavy atom. The van der Waals surface area contributed by atoms with Gasteiger partial charge < -0.3 is 4.42 Å². The summed E-state index contributed by atoms with van der Waals surface area (Å²) in [6.07, 6.45) is 0.297. The van der Waals surface area contributed by atoms with Gasteiger partial charge in [-0.05, 0) is 55.8 Å². The highest BCUT2D eigenvalue weighted by Gasteiger charge is 2.19. The minimum absolute atomic E-state index is 0.0824. The summed E-state index contributed by atoms with van der Waals surface area (Å²) in [6.45, 7) is 3.18. The summed E-state index contributed by atoms with van der Waals surface area (Å²) in [4.78, 5) is 12.4. The van der Waals surface area contributed by atoms with Crippen LogP contribution in [-0.2, 0) is 16.3 Å². The number of carbonyl (C=O) groups excluding carboxylic acids is 1. The molecule has 7 nitrogen and oxygen atoms in total. The van der Waals surface area contributed by atoms with Gasteiger partial charge in [-0.2, -0.15) is 0 Å². The predicted molar refractivity (Wildman–Crippen MR) is 100 cm³/mol. The van der Waals surface area contributed by atoms with Crippen LogP contribution in [0, 0.1) is 5.82 Å². The Labute approximate surface area is 161 Å². The molecule has 0 atom stereocenters. The van der Waals surface area contributed by atoms with Crippen molar-refractivity contribution >= 4 is 21.8 Å². The average molecular weight is 403 g/mol. The Bertz CT molecular complexity index is 1080.